The van der Waals surface area contributed by atoms with Gasteiger partial charge >= 0.3 is 0 Å². The third-order valence-electron chi connectivity index (χ3n) is 7.33. The molecule has 0 aliphatic carbocycles. The minimum absolute atomic E-state index is 0.0738. The lowest BCUT2D eigenvalue weighted by molar-refractivity contribution is 0.0664. The van der Waals surface area contributed by atoms with Gasteiger partial charge in [0.15, 0.2) is 0 Å². The molecule has 0 bridgehead atoms. The standard InChI is InChI=1S/C29H31N7O/c1-34-13-15-36(16-14-34)29(37)23-4-2-3-22(17-23)28-25-18-21(5-7-26(25)32-20-33-28)24-6-8-27(31-19-24)35-11-9-30-10-12-35/h2-8,17-20,30H,9-16H2,1H3. The van der Waals surface area contributed by atoms with Gasteiger partial charge in [0.05, 0.1) is 11.2 Å². The lowest BCUT2D eigenvalue weighted by atomic mass is 10.00. The zero-order valence-electron chi connectivity index (χ0n) is 21.1. The molecule has 0 saturated carbocycles. The van der Waals surface area contributed by atoms with E-state index in [4.69, 9.17) is 4.98 Å². The SMILES string of the molecule is CN1CCN(C(=O)c2cccc(-c3ncnc4ccc(-c5ccc(N6CCNCC6)nc5)cc34)c2)CC1. The predicted octanol–water partition coefficient (Wildman–Crippen LogP) is 3.16. The molecule has 2 aliphatic rings. The number of likely N-dealkylation sites (N-methyl/N-ethyl adjacent to an activating group) is 1. The monoisotopic (exact) mass is 493 g/mol. The summed E-state index contributed by atoms with van der Waals surface area (Å²) in [5.41, 5.74) is 5.41. The highest BCUT2D eigenvalue weighted by Crippen LogP contribution is 2.31. The van der Waals surface area contributed by atoms with Gasteiger partial charge in [-0.15, -0.1) is 0 Å². The van der Waals surface area contributed by atoms with Gasteiger partial charge in [-0.3, -0.25) is 4.79 Å². The normalized spacial score (nSPS) is 16.8. The number of benzene rings is 2. The molecule has 0 spiro atoms. The van der Waals surface area contributed by atoms with Gasteiger partial charge in [-0.1, -0.05) is 18.2 Å². The molecule has 1 N–H and O–H groups in total. The second kappa shape index (κ2) is 10.2. The molecule has 6 rings (SSSR count). The molecule has 2 aliphatic heterocycles. The van der Waals surface area contributed by atoms with Gasteiger partial charge in [0.2, 0.25) is 0 Å². The van der Waals surface area contributed by atoms with Gasteiger partial charge in [0, 0.05) is 80.6 Å². The third-order valence-corrected chi connectivity index (χ3v) is 7.33. The van der Waals surface area contributed by atoms with E-state index < -0.39 is 0 Å². The van der Waals surface area contributed by atoms with Crippen LogP contribution in [0.5, 0.6) is 0 Å². The van der Waals surface area contributed by atoms with E-state index in [1.54, 1.807) is 6.33 Å². The van der Waals surface area contributed by atoms with Crippen LogP contribution in [0.15, 0.2) is 67.1 Å². The number of nitrogens with one attached hydrogen (secondary N) is 1. The number of hydrogen-bond donors (Lipinski definition) is 1. The molecule has 188 valence electrons. The maximum Gasteiger partial charge on any atom is 0.253 e. The number of carbonyl (C=O) groups excluding carboxylic acids is 1. The molecule has 37 heavy (non-hydrogen) atoms. The van der Waals surface area contributed by atoms with Gasteiger partial charge in [-0.05, 0) is 49.0 Å². The number of aromatic nitrogens is 3. The number of pyridine rings is 1. The molecular formula is C29H31N7O. The van der Waals surface area contributed by atoms with Crippen LogP contribution in [0.4, 0.5) is 5.82 Å². The first-order valence-electron chi connectivity index (χ1n) is 12.9. The fourth-order valence-corrected chi connectivity index (χ4v) is 5.10. The number of rotatable bonds is 4. The minimum Gasteiger partial charge on any atom is -0.354 e. The Labute approximate surface area is 217 Å². The Morgan fingerprint density at radius 3 is 2.41 bits per heavy atom. The Kier molecular flexibility index (Phi) is 6.51. The lowest BCUT2D eigenvalue weighted by Gasteiger charge is -2.32. The summed E-state index contributed by atoms with van der Waals surface area (Å²) in [5, 5.41) is 4.34. The summed E-state index contributed by atoms with van der Waals surface area (Å²) in [6.07, 6.45) is 3.54. The predicted molar refractivity (Wildman–Crippen MR) is 147 cm³/mol. The molecule has 0 atom stereocenters. The number of piperazine rings is 2. The largest absolute Gasteiger partial charge is 0.354 e. The van der Waals surface area contributed by atoms with Crippen molar-refractivity contribution in [3.8, 4) is 22.4 Å². The second-order valence-electron chi connectivity index (χ2n) is 9.77. The van der Waals surface area contributed by atoms with Gasteiger partial charge in [-0.2, -0.15) is 0 Å². The second-order valence-corrected chi connectivity index (χ2v) is 9.77. The Hall–Kier alpha value is -3.88. The Morgan fingerprint density at radius 2 is 1.62 bits per heavy atom. The van der Waals surface area contributed by atoms with E-state index >= 15 is 0 Å². The lowest BCUT2D eigenvalue weighted by Crippen LogP contribution is -2.47. The topological polar surface area (TPSA) is 77.5 Å². The van der Waals surface area contributed by atoms with E-state index in [1.807, 2.05) is 41.4 Å². The van der Waals surface area contributed by atoms with E-state index in [-0.39, 0.29) is 5.91 Å². The quantitative estimate of drug-likeness (QED) is 0.468. The molecule has 4 heterocycles. The highest BCUT2D eigenvalue weighted by atomic mass is 16.2. The smallest absolute Gasteiger partial charge is 0.253 e. The van der Waals surface area contributed by atoms with Crippen LogP contribution in [0.2, 0.25) is 0 Å². The summed E-state index contributed by atoms with van der Waals surface area (Å²) in [6, 6.07) is 18.3. The van der Waals surface area contributed by atoms with Crippen molar-refractivity contribution in [2.75, 3.05) is 64.3 Å². The number of carbonyl (C=O) groups is 1. The van der Waals surface area contributed by atoms with E-state index in [1.165, 1.54) is 0 Å². The van der Waals surface area contributed by atoms with Crippen molar-refractivity contribution in [2.24, 2.45) is 0 Å². The van der Waals surface area contributed by atoms with Crippen LogP contribution >= 0.6 is 0 Å². The van der Waals surface area contributed by atoms with Crippen molar-refractivity contribution in [2.45, 2.75) is 0 Å². The van der Waals surface area contributed by atoms with Gasteiger partial charge in [-0.25, -0.2) is 15.0 Å². The zero-order chi connectivity index (χ0) is 25.2. The molecule has 2 aromatic heterocycles. The summed E-state index contributed by atoms with van der Waals surface area (Å²) in [4.78, 5) is 33.6. The molecule has 2 fully saturated rings. The van der Waals surface area contributed by atoms with Crippen LogP contribution in [-0.4, -0.2) is 90.1 Å². The van der Waals surface area contributed by atoms with E-state index in [9.17, 15) is 4.79 Å². The summed E-state index contributed by atoms with van der Waals surface area (Å²) in [6.45, 7) is 7.21. The Morgan fingerprint density at radius 1 is 0.811 bits per heavy atom. The molecule has 0 unspecified atom stereocenters. The van der Waals surface area contributed by atoms with Crippen LogP contribution in [0.1, 0.15) is 10.4 Å². The highest BCUT2D eigenvalue weighted by molar-refractivity contribution is 5.98. The molecule has 8 heteroatoms. The maximum absolute atomic E-state index is 13.2. The fraction of sp³-hybridized carbons (Fsp3) is 0.310. The average molecular weight is 494 g/mol. The maximum atomic E-state index is 13.2. The summed E-state index contributed by atoms with van der Waals surface area (Å²) >= 11 is 0. The minimum atomic E-state index is 0.0738. The van der Waals surface area contributed by atoms with Crippen LogP contribution in [0.25, 0.3) is 33.3 Å². The average Bonchev–Trinajstić information content (AvgIpc) is 2.97. The highest BCUT2D eigenvalue weighted by Gasteiger charge is 2.21. The van der Waals surface area contributed by atoms with E-state index in [0.29, 0.717) is 5.56 Å². The molecule has 1 amide bonds. The molecule has 0 radical (unpaired) electrons. The summed E-state index contributed by atoms with van der Waals surface area (Å²) in [5.74, 6) is 1.08. The number of anilines is 1. The first-order valence-corrected chi connectivity index (χ1v) is 12.9. The van der Waals surface area contributed by atoms with Crippen molar-refractivity contribution >= 4 is 22.6 Å². The van der Waals surface area contributed by atoms with Crippen molar-refractivity contribution in [3.05, 3.63) is 72.7 Å². The summed E-state index contributed by atoms with van der Waals surface area (Å²) in [7, 11) is 2.09. The molecule has 8 nitrogen and oxygen atoms in total. The van der Waals surface area contributed by atoms with Gasteiger partial charge in [0.25, 0.3) is 5.91 Å². The van der Waals surface area contributed by atoms with Crippen LogP contribution in [-0.2, 0) is 0 Å². The summed E-state index contributed by atoms with van der Waals surface area (Å²) < 4.78 is 0. The van der Waals surface area contributed by atoms with Gasteiger partial charge < -0.3 is 20.0 Å². The Bertz CT molecular complexity index is 1410. The van der Waals surface area contributed by atoms with E-state index in [0.717, 1.165) is 91.5 Å². The Balaban J connectivity index is 1.31. The molecule has 4 aromatic rings. The molecule has 2 saturated heterocycles. The van der Waals surface area contributed by atoms with Gasteiger partial charge in [0.1, 0.15) is 12.1 Å². The van der Waals surface area contributed by atoms with Crippen molar-refractivity contribution in [3.63, 3.8) is 0 Å². The molecule has 2 aromatic carbocycles. The molecular weight excluding hydrogens is 462 g/mol. The van der Waals surface area contributed by atoms with E-state index in [2.05, 4.69) is 56.4 Å². The number of fused-ring (bicyclic) bond motifs is 1. The first-order chi connectivity index (χ1) is 18.2. The first kappa shape index (κ1) is 23.5. The van der Waals surface area contributed by atoms with Crippen LogP contribution in [0.3, 0.4) is 0 Å². The van der Waals surface area contributed by atoms with Crippen molar-refractivity contribution < 1.29 is 4.79 Å². The van der Waals surface area contributed by atoms with Crippen LogP contribution < -0.4 is 10.2 Å². The number of hydrogen-bond acceptors (Lipinski definition) is 7. The number of amides is 1. The van der Waals surface area contributed by atoms with Crippen molar-refractivity contribution in [1.82, 2.24) is 30.1 Å². The van der Waals surface area contributed by atoms with Crippen LogP contribution in [0, 0.1) is 0 Å². The number of nitrogens with zero attached hydrogens (tertiary/aromatic N) is 6. The van der Waals surface area contributed by atoms with Crippen molar-refractivity contribution in [1.29, 1.82) is 0 Å². The zero-order valence-corrected chi connectivity index (χ0v) is 21.1. The third kappa shape index (κ3) is 4.90. The fourth-order valence-electron chi connectivity index (χ4n) is 5.10.